The van der Waals surface area contributed by atoms with E-state index in [2.05, 4.69) is 11.9 Å². The first-order valence-corrected chi connectivity index (χ1v) is 9.28. The van der Waals surface area contributed by atoms with Crippen LogP contribution in [0.15, 0.2) is 24.3 Å². The Morgan fingerprint density at radius 1 is 1.23 bits per heavy atom. The number of halogens is 3. The number of ether oxygens (including phenoxy) is 1. The summed E-state index contributed by atoms with van der Waals surface area (Å²) in [6.07, 6.45) is -3.50. The zero-order valence-corrected chi connectivity index (χ0v) is 15.6. The van der Waals surface area contributed by atoms with Crippen LogP contribution in [-0.4, -0.2) is 47.7 Å². The molecule has 6 heteroatoms. The molecule has 26 heavy (non-hydrogen) atoms. The molecule has 1 aromatic rings. The molecule has 2 aliphatic heterocycles. The van der Waals surface area contributed by atoms with Gasteiger partial charge in [-0.1, -0.05) is 36.8 Å². The molecule has 1 aromatic carbocycles. The van der Waals surface area contributed by atoms with E-state index >= 15 is 0 Å². The number of benzene rings is 1. The van der Waals surface area contributed by atoms with Crippen LogP contribution in [0.1, 0.15) is 50.2 Å². The molecule has 2 saturated heterocycles. The van der Waals surface area contributed by atoms with Crippen molar-refractivity contribution in [2.45, 2.75) is 82.0 Å². The van der Waals surface area contributed by atoms with Crippen LogP contribution < -0.4 is 0 Å². The van der Waals surface area contributed by atoms with E-state index in [4.69, 9.17) is 4.74 Å². The van der Waals surface area contributed by atoms with Gasteiger partial charge in [0, 0.05) is 12.1 Å². The van der Waals surface area contributed by atoms with E-state index in [0.717, 1.165) is 31.2 Å². The van der Waals surface area contributed by atoms with Gasteiger partial charge >= 0.3 is 6.18 Å². The minimum Gasteiger partial charge on any atom is -0.367 e. The lowest BCUT2D eigenvalue weighted by atomic mass is 9.77. The normalized spacial score (nSPS) is 30.2. The lowest BCUT2D eigenvalue weighted by Crippen LogP contribution is -2.48. The molecule has 2 bridgehead atoms. The Bertz CT molecular complexity index is 622. The SMILES string of the molecule is Cc1cccc(C(C)(CC(F)(F)F)C(O)OC2CC3CCC(C2)N3C)c1. The summed E-state index contributed by atoms with van der Waals surface area (Å²) in [7, 11) is 2.09. The number of aliphatic hydroxyl groups is 1. The largest absolute Gasteiger partial charge is 0.390 e. The number of fused-ring (bicyclic) bond motifs is 2. The highest BCUT2D eigenvalue weighted by atomic mass is 19.4. The third-order valence-electron chi connectivity index (χ3n) is 6.17. The van der Waals surface area contributed by atoms with Crippen LogP contribution in [-0.2, 0) is 10.2 Å². The predicted molar refractivity (Wildman–Crippen MR) is 93.9 cm³/mol. The fraction of sp³-hybridized carbons (Fsp3) is 0.700. The Balaban J connectivity index is 1.80. The number of rotatable bonds is 5. The Hall–Kier alpha value is -1.11. The van der Waals surface area contributed by atoms with Gasteiger partial charge in [-0.15, -0.1) is 0 Å². The second-order valence-corrected chi connectivity index (χ2v) is 8.21. The molecule has 0 radical (unpaired) electrons. The zero-order valence-electron chi connectivity index (χ0n) is 15.6. The summed E-state index contributed by atoms with van der Waals surface area (Å²) in [6.45, 7) is 3.28. The Labute approximate surface area is 153 Å². The van der Waals surface area contributed by atoms with Gasteiger partial charge < -0.3 is 14.7 Å². The molecule has 2 heterocycles. The fourth-order valence-electron chi connectivity index (χ4n) is 4.55. The first-order chi connectivity index (χ1) is 12.1. The van der Waals surface area contributed by atoms with Crippen LogP contribution in [0.25, 0.3) is 0 Å². The highest BCUT2D eigenvalue weighted by Crippen LogP contribution is 2.42. The molecule has 2 fully saturated rings. The summed E-state index contributed by atoms with van der Waals surface area (Å²) in [5, 5.41) is 10.8. The molecular formula is C20H28F3NO2. The van der Waals surface area contributed by atoms with Gasteiger partial charge in [-0.3, -0.25) is 0 Å². The van der Waals surface area contributed by atoms with E-state index < -0.39 is 24.3 Å². The number of alkyl halides is 3. The van der Waals surface area contributed by atoms with Crippen LogP contribution >= 0.6 is 0 Å². The van der Waals surface area contributed by atoms with E-state index in [1.165, 1.54) is 6.92 Å². The topological polar surface area (TPSA) is 32.7 Å². The predicted octanol–water partition coefficient (Wildman–Crippen LogP) is 4.17. The molecule has 0 spiro atoms. The van der Waals surface area contributed by atoms with E-state index in [0.29, 0.717) is 17.6 Å². The first kappa shape index (κ1) is 19.6. The summed E-state index contributed by atoms with van der Waals surface area (Å²) in [5.74, 6) is 0. The van der Waals surface area contributed by atoms with Gasteiger partial charge in [-0.05, 0) is 45.2 Å². The van der Waals surface area contributed by atoms with Crippen molar-refractivity contribution in [2.24, 2.45) is 0 Å². The molecule has 4 unspecified atom stereocenters. The second-order valence-electron chi connectivity index (χ2n) is 8.21. The minimum atomic E-state index is -4.39. The third-order valence-corrected chi connectivity index (χ3v) is 6.17. The van der Waals surface area contributed by atoms with Crippen molar-refractivity contribution >= 4 is 0 Å². The molecule has 4 atom stereocenters. The van der Waals surface area contributed by atoms with Crippen molar-refractivity contribution < 1.29 is 23.0 Å². The summed E-state index contributed by atoms with van der Waals surface area (Å²) in [6, 6.07) is 7.71. The van der Waals surface area contributed by atoms with Crippen molar-refractivity contribution in [3.05, 3.63) is 35.4 Å². The molecule has 0 aliphatic carbocycles. The average Bonchev–Trinajstić information content (AvgIpc) is 2.75. The van der Waals surface area contributed by atoms with Crippen LogP contribution in [0.4, 0.5) is 13.2 Å². The number of aliphatic hydroxyl groups excluding tert-OH is 1. The Kier molecular flexibility index (Phi) is 5.39. The maximum atomic E-state index is 13.3. The van der Waals surface area contributed by atoms with Crippen LogP contribution in [0.2, 0.25) is 0 Å². The second kappa shape index (κ2) is 7.13. The van der Waals surface area contributed by atoms with Gasteiger partial charge in [0.15, 0.2) is 6.29 Å². The van der Waals surface area contributed by atoms with Gasteiger partial charge in [-0.2, -0.15) is 13.2 Å². The highest BCUT2D eigenvalue weighted by molar-refractivity contribution is 5.30. The number of nitrogens with zero attached hydrogens (tertiary/aromatic N) is 1. The molecule has 0 saturated carbocycles. The summed E-state index contributed by atoms with van der Waals surface area (Å²) in [5.41, 5.74) is -0.217. The van der Waals surface area contributed by atoms with E-state index in [1.807, 2.05) is 13.0 Å². The molecule has 3 nitrogen and oxygen atoms in total. The first-order valence-electron chi connectivity index (χ1n) is 9.28. The van der Waals surface area contributed by atoms with Crippen molar-refractivity contribution in [1.82, 2.24) is 4.90 Å². The Morgan fingerprint density at radius 3 is 2.38 bits per heavy atom. The number of hydrogen-bond acceptors (Lipinski definition) is 3. The molecule has 0 aromatic heterocycles. The van der Waals surface area contributed by atoms with Gasteiger partial charge in [-0.25, -0.2) is 0 Å². The number of hydrogen-bond donors (Lipinski definition) is 1. The van der Waals surface area contributed by atoms with E-state index in [1.54, 1.807) is 18.2 Å². The lowest BCUT2D eigenvalue weighted by Gasteiger charge is -2.41. The third kappa shape index (κ3) is 4.07. The molecule has 3 rings (SSSR count). The van der Waals surface area contributed by atoms with Gasteiger partial charge in [0.1, 0.15) is 0 Å². The fourth-order valence-corrected chi connectivity index (χ4v) is 4.55. The standard InChI is InChI=1S/C20H28F3NO2/c1-13-5-4-6-14(9-13)19(2,12-20(21,22)23)18(25)26-17-10-15-7-8-16(11-17)24(15)3/h4-6,9,15-18,25H,7-8,10-12H2,1-3H3. The summed E-state index contributed by atoms with van der Waals surface area (Å²) < 4.78 is 45.7. The Morgan fingerprint density at radius 2 is 1.85 bits per heavy atom. The molecule has 0 amide bonds. The molecule has 1 N–H and O–H groups in total. The zero-order chi connectivity index (χ0) is 19.1. The van der Waals surface area contributed by atoms with E-state index in [9.17, 15) is 18.3 Å². The molecule has 2 aliphatic rings. The van der Waals surface area contributed by atoms with Crippen molar-refractivity contribution in [3.63, 3.8) is 0 Å². The number of piperidine rings is 1. The monoisotopic (exact) mass is 371 g/mol. The van der Waals surface area contributed by atoms with E-state index in [-0.39, 0.29) is 6.10 Å². The smallest absolute Gasteiger partial charge is 0.367 e. The minimum absolute atomic E-state index is 0.198. The molecule has 146 valence electrons. The van der Waals surface area contributed by atoms with Crippen molar-refractivity contribution in [3.8, 4) is 0 Å². The van der Waals surface area contributed by atoms with Crippen molar-refractivity contribution in [1.29, 1.82) is 0 Å². The summed E-state index contributed by atoms with van der Waals surface area (Å²) >= 11 is 0. The lowest BCUT2D eigenvalue weighted by molar-refractivity contribution is -0.219. The van der Waals surface area contributed by atoms with Crippen LogP contribution in [0.5, 0.6) is 0 Å². The maximum absolute atomic E-state index is 13.3. The van der Waals surface area contributed by atoms with Crippen LogP contribution in [0, 0.1) is 6.92 Å². The van der Waals surface area contributed by atoms with Gasteiger partial charge in [0.25, 0.3) is 0 Å². The van der Waals surface area contributed by atoms with Crippen molar-refractivity contribution in [2.75, 3.05) is 7.05 Å². The highest BCUT2D eigenvalue weighted by Gasteiger charge is 2.48. The molecular weight excluding hydrogens is 343 g/mol. The number of aryl methyl sites for hydroxylation is 1. The summed E-state index contributed by atoms with van der Waals surface area (Å²) in [4.78, 5) is 2.34. The quantitative estimate of drug-likeness (QED) is 0.789. The average molecular weight is 371 g/mol. The maximum Gasteiger partial charge on any atom is 0.390 e. The van der Waals surface area contributed by atoms with Gasteiger partial charge in [0.2, 0.25) is 0 Å². The van der Waals surface area contributed by atoms with Gasteiger partial charge in [0.05, 0.1) is 17.9 Å². The van der Waals surface area contributed by atoms with Crippen LogP contribution in [0.3, 0.4) is 0 Å².